The maximum atomic E-state index is 11.5. The van der Waals surface area contributed by atoms with Gasteiger partial charge in [0.1, 0.15) is 0 Å². The van der Waals surface area contributed by atoms with Gasteiger partial charge in [-0.1, -0.05) is 19.1 Å². The van der Waals surface area contributed by atoms with Crippen LogP contribution >= 0.6 is 0 Å². The van der Waals surface area contributed by atoms with Crippen molar-refractivity contribution in [3.05, 3.63) is 23.8 Å². The molecule has 0 aromatic rings. The van der Waals surface area contributed by atoms with Crippen molar-refractivity contribution in [1.29, 1.82) is 0 Å². The minimum Gasteiger partial charge on any atom is -0.478 e. The number of carboxylic acids is 1. The quantitative estimate of drug-likeness (QED) is 0.425. The van der Waals surface area contributed by atoms with Gasteiger partial charge in [-0.05, 0) is 31.3 Å². The Labute approximate surface area is 83.1 Å². The molecule has 0 aliphatic heterocycles. The Morgan fingerprint density at radius 3 is 2.64 bits per heavy atom. The van der Waals surface area contributed by atoms with E-state index in [0.717, 1.165) is 25.7 Å². The number of allylic oxidation sites excluding steroid dienone is 2. The van der Waals surface area contributed by atoms with Crippen molar-refractivity contribution in [3.8, 4) is 0 Å². The third-order valence-corrected chi connectivity index (χ3v) is 2.36. The second-order valence-corrected chi connectivity index (χ2v) is 3.44. The summed E-state index contributed by atoms with van der Waals surface area (Å²) in [5, 5.41) is 8.61. The molecule has 0 heterocycles. The minimum absolute atomic E-state index is 0.321. The summed E-state index contributed by atoms with van der Waals surface area (Å²) in [6.45, 7) is 3.27. The van der Waals surface area contributed by atoms with Crippen LogP contribution in [-0.2, 0) is 9.59 Å². The number of hydrogen-bond donors (Lipinski definition) is 1. The number of hydrogen-bond acceptors (Lipinski definition) is 2. The molecule has 0 aromatic heterocycles. The lowest BCUT2D eigenvalue weighted by molar-refractivity contribution is -0.134. The van der Waals surface area contributed by atoms with Gasteiger partial charge in [0, 0.05) is 0 Å². The number of carbonyl (C=O) groups excluding carboxylic acids is 1. The van der Waals surface area contributed by atoms with Crippen LogP contribution in [0.25, 0.3) is 0 Å². The molecule has 0 bridgehead atoms. The average molecular weight is 194 g/mol. The average Bonchev–Trinajstić information content (AvgIpc) is 2.43. The molecule has 0 unspecified atom stereocenters. The van der Waals surface area contributed by atoms with Crippen molar-refractivity contribution in [2.75, 3.05) is 0 Å². The molecule has 0 saturated heterocycles. The molecular formula is C11H14O3. The Balaban J connectivity index is 2.72. The van der Waals surface area contributed by atoms with Crippen LogP contribution in [0, 0.1) is 0 Å². The van der Waals surface area contributed by atoms with Crippen molar-refractivity contribution in [2.45, 2.75) is 32.1 Å². The molecule has 76 valence electrons. The minimum atomic E-state index is -1.22. The van der Waals surface area contributed by atoms with E-state index in [1.54, 1.807) is 0 Å². The molecule has 0 spiro atoms. The molecule has 1 N–H and O–H groups in total. The zero-order chi connectivity index (χ0) is 10.6. The monoisotopic (exact) mass is 194 g/mol. The van der Waals surface area contributed by atoms with Gasteiger partial charge in [-0.25, -0.2) is 4.79 Å². The van der Waals surface area contributed by atoms with Crippen molar-refractivity contribution in [1.82, 2.24) is 0 Å². The fraction of sp³-hybridized carbons (Fsp3) is 0.455. The van der Waals surface area contributed by atoms with Crippen LogP contribution in [0.3, 0.4) is 0 Å². The molecule has 1 aliphatic carbocycles. The smallest absolute Gasteiger partial charge is 0.339 e. The lowest BCUT2D eigenvalue weighted by Gasteiger charge is -2.03. The van der Waals surface area contributed by atoms with Crippen LogP contribution in [0.4, 0.5) is 0 Å². The predicted molar refractivity (Wildman–Crippen MR) is 53.0 cm³/mol. The molecule has 1 aliphatic rings. The molecule has 1 rings (SSSR count). The molecular weight excluding hydrogens is 180 g/mol. The number of carboxylic acid groups (broad SMARTS) is 1. The first-order valence-electron chi connectivity index (χ1n) is 4.79. The number of Topliss-reactive ketones (excluding diaryl/α,β-unsaturated/α-hetero) is 1. The maximum absolute atomic E-state index is 11.5. The zero-order valence-corrected chi connectivity index (χ0v) is 8.08. The standard InChI is InChI=1S/C11H14O3/c1-8(11(13)14)10(12)9-6-4-2-3-5-7-9/h6H,1-5,7H2,(H,13,14). The summed E-state index contributed by atoms with van der Waals surface area (Å²) >= 11 is 0. The molecule has 0 aromatic carbocycles. The molecule has 14 heavy (non-hydrogen) atoms. The van der Waals surface area contributed by atoms with Crippen LogP contribution < -0.4 is 0 Å². The lowest BCUT2D eigenvalue weighted by atomic mass is 10.0. The van der Waals surface area contributed by atoms with Gasteiger partial charge in [-0.15, -0.1) is 0 Å². The third kappa shape index (κ3) is 2.55. The highest BCUT2D eigenvalue weighted by molar-refractivity contribution is 6.22. The highest BCUT2D eigenvalue weighted by atomic mass is 16.4. The Hall–Kier alpha value is -1.38. The topological polar surface area (TPSA) is 54.4 Å². The second-order valence-electron chi connectivity index (χ2n) is 3.44. The van der Waals surface area contributed by atoms with Crippen LogP contribution in [0.5, 0.6) is 0 Å². The van der Waals surface area contributed by atoms with E-state index in [2.05, 4.69) is 6.58 Å². The maximum Gasteiger partial charge on any atom is 0.339 e. The van der Waals surface area contributed by atoms with E-state index in [-0.39, 0.29) is 5.57 Å². The van der Waals surface area contributed by atoms with E-state index in [4.69, 9.17) is 5.11 Å². The van der Waals surface area contributed by atoms with Crippen LogP contribution in [0.1, 0.15) is 32.1 Å². The first-order chi connectivity index (χ1) is 6.63. The predicted octanol–water partition coefficient (Wildman–Crippen LogP) is 2.09. The summed E-state index contributed by atoms with van der Waals surface area (Å²) in [5.41, 5.74) is 0.299. The summed E-state index contributed by atoms with van der Waals surface area (Å²) in [7, 11) is 0. The van der Waals surface area contributed by atoms with E-state index >= 15 is 0 Å². The molecule has 0 saturated carbocycles. The molecule has 0 radical (unpaired) electrons. The molecule has 0 amide bonds. The second kappa shape index (κ2) is 4.74. The van der Waals surface area contributed by atoms with Gasteiger partial charge in [-0.2, -0.15) is 0 Å². The van der Waals surface area contributed by atoms with Crippen LogP contribution in [-0.4, -0.2) is 16.9 Å². The number of ketones is 1. The Morgan fingerprint density at radius 1 is 1.29 bits per heavy atom. The van der Waals surface area contributed by atoms with Crippen LogP contribution in [0.2, 0.25) is 0 Å². The molecule has 0 atom stereocenters. The Kier molecular flexibility index (Phi) is 3.63. The summed E-state index contributed by atoms with van der Waals surface area (Å²) in [6.07, 6.45) is 6.55. The lowest BCUT2D eigenvalue weighted by Crippen LogP contribution is -2.13. The summed E-state index contributed by atoms with van der Waals surface area (Å²) < 4.78 is 0. The third-order valence-electron chi connectivity index (χ3n) is 2.36. The van der Waals surface area contributed by atoms with E-state index in [1.807, 2.05) is 6.08 Å². The summed E-state index contributed by atoms with van der Waals surface area (Å²) in [5.74, 6) is -1.63. The van der Waals surface area contributed by atoms with E-state index in [1.165, 1.54) is 0 Å². The van der Waals surface area contributed by atoms with Crippen molar-refractivity contribution in [3.63, 3.8) is 0 Å². The highest BCUT2D eigenvalue weighted by Gasteiger charge is 2.19. The number of carbonyl (C=O) groups is 2. The van der Waals surface area contributed by atoms with Gasteiger partial charge in [-0.3, -0.25) is 4.79 Å². The van der Waals surface area contributed by atoms with E-state index in [0.29, 0.717) is 12.0 Å². The SMILES string of the molecule is C=C(C(=O)O)C(=O)C1=CCCCCC1. The van der Waals surface area contributed by atoms with Crippen molar-refractivity contribution < 1.29 is 14.7 Å². The highest BCUT2D eigenvalue weighted by Crippen LogP contribution is 2.19. The Morgan fingerprint density at radius 2 is 2.00 bits per heavy atom. The van der Waals surface area contributed by atoms with Crippen molar-refractivity contribution >= 4 is 11.8 Å². The summed E-state index contributed by atoms with van der Waals surface area (Å²) in [6, 6.07) is 0. The largest absolute Gasteiger partial charge is 0.478 e. The number of rotatable bonds is 3. The van der Waals surface area contributed by atoms with Gasteiger partial charge < -0.3 is 5.11 Å². The van der Waals surface area contributed by atoms with E-state index in [9.17, 15) is 9.59 Å². The van der Waals surface area contributed by atoms with Gasteiger partial charge in [0.2, 0.25) is 0 Å². The zero-order valence-electron chi connectivity index (χ0n) is 8.08. The van der Waals surface area contributed by atoms with Gasteiger partial charge >= 0.3 is 5.97 Å². The molecule has 3 heteroatoms. The number of aliphatic carboxylic acids is 1. The Bertz CT molecular complexity index is 300. The first-order valence-corrected chi connectivity index (χ1v) is 4.79. The summed E-state index contributed by atoms with van der Waals surface area (Å²) in [4.78, 5) is 22.1. The van der Waals surface area contributed by atoms with Gasteiger partial charge in [0.15, 0.2) is 5.78 Å². The molecule has 3 nitrogen and oxygen atoms in total. The van der Waals surface area contributed by atoms with Gasteiger partial charge in [0.25, 0.3) is 0 Å². The normalized spacial score (nSPS) is 16.7. The fourth-order valence-corrected chi connectivity index (χ4v) is 1.51. The van der Waals surface area contributed by atoms with Crippen molar-refractivity contribution in [2.24, 2.45) is 0 Å². The fourth-order valence-electron chi connectivity index (χ4n) is 1.51. The van der Waals surface area contributed by atoms with Crippen LogP contribution in [0.15, 0.2) is 23.8 Å². The first kappa shape index (κ1) is 10.7. The van der Waals surface area contributed by atoms with Gasteiger partial charge in [0.05, 0.1) is 5.57 Å². The van der Waals surface area contributed by atoms with E-state index < -0.39 is 11.8 Å². The molecule has 0 fully saturated rings.